The minimum Gasteiger partial charge on any atom is -0.463 e. The van der Waals surface area contributed by atoms with Gasteiger partial charge in [0.1, 0.15) is 12.7 Å². The first-order chi connectivity index (χ1) is 17.8. The lowest BCUT2D eigenvalue weighted by Crippen LogP contribution is -2.27. The van der Waals surface area contributed by atoms with Gasteiger partial charge in [0, 0.05) is 19.4 Å². The molecule has 0 fully saturated rings. The third-order valence-electron chi connectivity index (χ3n) is 5.08. The molecule has 0 aromatic carbocycles. The van der Waals surface area contributed by atoms with Crippen molar-refractivity contribution in [3.8, 4) is 0 Å². The van der Waals surface area contributed by atoms with Crippen molar-refractivity contribution < 1.29 is 37.9 Å². The van der Waals surface area contributed by atoms with Gasteiger partial charge >= 0.3 is 13.8 Å². The highest BCUT2D eigenvalue weighted by Crippen LogP contribution is 2.42. The van der Waals surface area contributed by atoms with E-state index >= 15 is 0 Å². The number of carbonyl (C=O) groups is 2. The van der Waals surface area contributed by atoms with E-state index < -0.39 is 26.5 Å². The number of unbranched alkanes of at least 4 members (excludes halogenated alkanes) is 5. The molecular formula is C27H48NO8P. The molecule has 2 unspecified atom stereocenters. The van der Waals surface area contributed by atoms with Gasteiger partial charge in [-0.25, -0.2) is 4.57 Å². The Morgan fingerprint density at radius 1 is 0.865 bits per heavy atom. The fourth-order valence-corrected chi connectivity index (χ4v) is 3.79. The Labute approximate surface area is 223 Å². The molecule has 0 aromatic rings. The minimum atomic E-state index is -4.39. The summed E-state index contributed by atoms with van der Waals surface area (Å²) >= 11 is 0. The van der Waals surface area contributed by atoms with Gasteiger partial charge in [-0.05, 0) is 44.9 Å². The monoisotopic (exact) mass is 545 g/mol. The number of ether oxygens (including phenoxy) is 1. The summed E-state index contributed by atoms with van der Waals surface area (Å²) < 4.78 is 26.2. The lowest BCUT2D eigenvalue weighted by Gasteiger charge is -2.15. The number of hydrogen-bond acceptors (Lipinski definition) is 7. The second-order valence-electron chi connectivity index (χ2n) is 8.63. The molecule has 0 aliphatic heterocycles. The van der Waals surface area contributed by atoms with Crippen LogP contribution < -0.4 is 5.32 Å². The molecule has 214 valence electrons. The van der Waals surface area contributed by atoms with E-state index in [2.05, 4.69) is 48.7 Å². The van der Waals surface area contributed by atoms with Crippen LogP contribution in [0.1, 0.15) is 90.9 Å². The van der Waals surface area contributed by atoms with Gasteiger partial charge in [-0.15, -0.1) is 0 Å². The van der Waals surface area contributed by atoms with Gasteiger partial charge < -0.3 is 20.1 Å². The largest absolute Gasteiger partial charge is 0.472 e. The van der Waals surface area contributed by atoms with Crippen molar-refractivity contribution in [3.63, 3.8) is 0 Å². The average Bonchev–Trinajstić information content (AvgIpc) is 2.87. The third kappa shape index (κ3) is 25.7. The molecule has 0 radical (unpaired) electrons. The summed E-state index contributed by atoms with van der Waals surface area (Å²) in [5, 5.41) is 12.4. The summed E-state index contributed by atoms with van der Waals surface area (Å²) in [5.41, 5.74) is 0. The Kier molecular flexibility index (Phi) is 23.4. The highest BCUT2D eigenvalue weighted by molar-refractivity contribution is 7.47. The second kappa shape index (κ2) is 24.6. The number of rotatable bonds is 24. The maximum atomic E-state index is 11.9. The molecule has 10 heteroatoms. The molecule has 0 saturated carbocycles. The molecule has 0 aromatic heterocycles. The Hall–Kier alpha value is -1.77. The molecule has 37 heavy (non-hydrogen) atoms. The van der Waals surface area contributed by atoms with Crippen LogP contribution in [0.3, 0.4) is 0 Å². The smallest absolute Gasteiger partial charge is 0.463 e. The van der Waals surface area contributed by atoms with Crippen molar-refractivity contribution in [2.75, 3.05) is 26.4 Å². The molecule has 3 N–H and O–H groups in total. The number of amides is 1. The Bertz CT molecular complexity index is 723. The van der Waals surface area contributed by atoms with E-state index in [0.29, 0.717) is 12.8 Å². The fraction of sp³-hybridized carbons (Fsp3) is 0.704. The Morgan fingerprint density at radius 2 is 1.54 bits per heavy atom. The van der Waals surface area contributed by atoms with Crippen LogP contribution in [0.2, 0.25) is 0 Å². The second-order valence-corrected chi connectivity index (χ2v) is 10.1. The van der Waals surface area contributed by atoms with Crippen LogP contribution in [-0.4, -0.2) is 54.3 Å². The summed E-state index contributed by atoms with van der Waals surface area (Å²) in [6, 6.07) is 0. The maximum Gasteiger partial charge on any atom is 0.472 e. The SMILES string of the molecule is CC/C=C\C/C=C\C/C=C\CCCCCC(=O)NCCOP(=O)(O)OCC(O)COC(=O)CCCCC. The Morgan fingerprint density at radius 3 is 2.24 bits per heavy atom. The van der Waals surface area contributed by atoms with E-state index in [4.69, 9.17) is 13.8 Å². The van der Waals surface area contributed by atoms with Crippen molar-refractivity contribution in [1.82, 2.24) is 5.32 Å². The number of allylic oxidation sites excluding steroid dienone is 6. The first-order valence-corrected chi connectivity index (χ1v) is 15.0. The summed E-state index contributed by atoms with van der Waals surface area (Å²) in [6.07, 6.45) is 21.7. The number of nitrogens with one attached hydrogen (secondary N) is 1. The lowest BCUT2D eigenvalue weighted by molar-refractivity contribution is -0.147. The van der Waals surface area contributed by atoms with Crippen LogP contribution in [0.25, 0.3) is 0 Å². The molecule has 0 heterocycles. The molecule has 0 aliphatic rings. The first kappa shape index (κ1) is 35.2. The van der Waals surface area contributed by atoms with E-state index in [1.54, 1.807) is 0 Å². The van der Waals surface area contributed by atoms with Crippen LogP contribution in [0, 0.1) is 0 Å². The number of hydrogen-bond donors (Lipinski definition) is 3. The summed E-state index contributed by atoms with van der Waals surface area (Å²) in [6.45, 7) is 3.14. The molecule has 1 amide bonds. The normalized spacial score (nSPS) is 14.4. The molecule has 0 bridgehead atoms. The zero-order valence-corrected chi connectivity index (χ0v) is 23.5. The van der Waals surface area contributed by atoms with E-state index in [1.807, 2.05) is 6.92 Å². The van der Waals surface area contributed by atoms with Gasteiger partial charge in [0.2, 0.25) is 5.91 Å². The number of esters is 1. The molecule has 0 aliphatic carbocycles. The van der Waals surface area contributed by atoms with Gasteiger partial charge in [-0.1, -0.05) is 69.6 Å². The molecule has 9 nitrogen and oxygen atoms in total. The van der Waals surface area contributed by atoms with Crippen LogP contribution >= 0.6 is 7.82 Å². The van der Waals surface area contributed by atoms with Crippen LogP contribution in [-0.2, 0) is 27.9 Å². The fourth-order valence-electron chi connectivity index (χ4n) is 3.04. The van der Waals surface area contributed by atoms with Crippen molar-refractivity contribution in [2.24, 2.45) is 0 Å². The number of phosphoric ester groups is 1. The predicted molar refractivity (Wildman–Crippen MR) is 146 cm³/mol. The molecule has 0 rings (SSSR count). The highest BCUT2D eigenvalue weighted by Gasteiger charge is 2.23. The quantitative estimate of drug-likeness (QED) is 0.0624. The third-order valence-corrected chi connectivity index (χ3v) is 6.07. The van der Waals surface area contributed by atoms with E-state index in [0.717, 1.165) is 57.8 Å². The van der Waals surface area contributed by atoms with Gasteiger partial charge in [0.15, 0.2) is 0 Å². The number of carbonyl (C=O) groups excluding carboxylic acids is 2. The van der Waals surface area contributed by atoms with Gasteiger partial charge in [-0.3, -0.25) is 18.6 Å². The zero-order chi connectivity index (χ0) is 27.6. The molecule has 2 atom stereocenters. The highest BCUT2D eigenvalue weighted by atomic mass is 31.2. The average molecular weight is 546 g/mol. The van der Waals surface area contributed by atoms with Crippen molar-refractivity contribution in [2.45, 2.75) is 97.0 Å². The number of aliphatic hydroxyl groups excluding tert-OH is 1. The summed E-state index contributed by atoms with van der Waals surface area (Å²) in [7, 11) is -4.39. The summed E-state index contributed by atoms with van der Waals surface area (Å²) in [5.74, 6) is -0.579. The van der Waals surface area contributed by atoms with Crippen molar-refractivity contribution in [3.05, 3.63) is 36.5 Å². The standard InChI is InChI=1S/C27H48NO8P/c1-3-5-7-8-9-10-11-12-13-14-15-16-18-19-26(30)28-21-22-35-37(32,33)36-24-25(29)23-34-27(31)20-17-6-4-2/h5,7,9-10,12-13,25,29H,3-4,6,8,11,14-24H2,1-2H3,(H,28,30)(H,32,33)/b7-5-,10-9-,13-12-. The first-order valence-electron chi connectivity index (χ1n) is 13.5. The molecule has 0 saturated heterocycles. The lowest BCUT2D eigenvalue weighted by atomic mass is 10.1. The topological polar surface area (TPSA) is 131 Å². The van der Waals surface area contributed by atoms with Crippen LogP contribution in [0.4, 0.5) is 0 Å². The maximum absolute atomic E-state index is 11.9. The minimum absolute atomic E-state index is 0.0646. The van der Waals surface area contributed by atoms with E-state index in [1.165, 1.54) is 0 Å². The predicted octanol–water partition coefficient (Wildman–Crippen LogP) is 5.53. The van der Waals surface area contributed by atoms with Gasteiger partial charge in [0.25, 0.3) is 0 Å². The van der Waals surface area contributed by atoms with Crippen molar-refractivity contribution >= 4 is 19.7 Å². The number of aliphatic hydroxyl groups is 1. The molecular weight excluding hydrogens is 497 g/mol. The zero-order valence-electron chi connectivity index (χ0n) is 22.6. The summed E-state index contributed by atoms with van der Waals surface area (Å²) in [4.78, 5) is 33.0. The van der Waals surface area contributed by atoms with Crippen molar-refractivity contribution in [1.29, 1.82) is 0 Å². The van der Waals surface area contributed by atoms with Crippen LogP contribution in [0.5, 0.6) is 0 Å². The number of phosphoric acid groups is 1. The Balaban J connectivity index is 3.72. The van der Waals surface area contributed by atoms with Crippen LogP contribution in [0.15, 0.2) is 36.5 Å². The van der Waals surface area contributed by atoms with Gasteiger partial charge in [-0.2, -0.15) is 0 Å². The van der Waals surface area contributed by atoms with E-state index in [-0.39, 0.29) is 32.1 Å². The van der Waals surface area contributed by atoms with Gasteiger partial charge in [0.05, 0.1) is 13.2 Å². The molecule has 0 spiro atoms. The van der Waals surface area contributed by atoms with E-state index in [9.17, 15) is 24.2 Å².